The van der Waals surface area contributed by atoms with Crippen LogP contribution in [0.2, 0.25) is 0 Å². The van der Waals surface area contributed by atoms with E-state index in [2.05, 4.69) is 27.9 Å². The first-order valence-corrected chi connectivity index (χ1v) is 11.3. The summed E-state index contributed by atoms with van der Waals surface area (Å²) in [6.07, 6.45) is 11.6. The molecule has 0 bridgehead atoms. The van der Waals surface area contributed by atoms with Gasteiger partial charge in [-0.1, -0.05) is 25.3 Å². The molecule has 1 aromatic rings. The Kier molecular flexibility index (Phi) is 8.59. The minimum absolute atomic E-state index is 0.0192. The monoisotopic (exact) mass is 422 g/mol. The summed E-state index contributed by atoms with van der Waals surface area (Å²) in [5.41, 5.74) is 1.10. The van der Waals surface area contributed by atoms with E-state index in [1.807, 2.05) is 35.3 Å². The number of hydrogen-bond donors (Lipinski definition) is 0. The third-order valence-corrected chi connectivity index (χ3v) is 6.38. The maximum absolute atomic E-state index is 13.4. The molecule has 2 fully saturated rings. The molecule has 1 aromatic heterocycles. The summed E-state index contributed by atoms with van der Waals surface area (Å²) in [4.78, 5) is 35.4. The van der Waals surface area contributed by atoms with Gasteiger partial charge in [0.2, 0.25) is 5.91 Å². The highest BCUT2D eigenvalue weighted by atomic mass is 16.2. The molecule has 0 spiro atoms. The van der Waals surface area contributed by atoms with Crippen LogP contribution in [0, 0.1) is 11.8 Å². The number of hydrogen-bond acceptors (Lipinski definition) is 5. The summed E-state index contributed by atoms with van der Waals surface area (Å²) in [6, 6.07) is 5.70. The quantitative estimate of drug-likeness (QED) is 0.451. The van der Waals surface area contributed by atoms with E-state index in [-0.39, 0.29) is 17.7 Å². The highest BCUT2D eigenvalue weighted by Crippen LogP contribution is 2.30. The van der Waals surface area contributed by atoms with Gasteiger partial charge >= 0.3 is 0 Å². The lowest BCUT2D eigenvalue weighted by Gasteiger charge is -2.38. The van der Waals surface area contributed by atoms with Crippen LogP contribution in [0.3, 0.4) is 0 Å². The van der Waals surface area contributed by atoms with Gasteiger partial charge in [-0.2, -0.15) is 0 Å². The number of allylic oxidation sites excluding steroid dienone is 3. The molecular weight excluding hydrogens is 388 g/mol. The molecule has 1 saturated heterocycles. The zero-order valence-corrected chi connectivity index (χ0v) is 18.4. The highest BCUT2D eigenvalue weighted by molar-refractivity contribution is 5.94. The lowest BCUT2D eigenvalue weighted by molar-refractivity contribution is -0.124. The van der Waals surface area contributed by atoms with Gasteiger partial charge in [0.1, 0.15) is 12.1 Å². The molecule has 0 radical (unpaired) electrons. The Morgan fingerprint density at radius 3 is 2.45 bits per heavy atom. The van der Waals surface area contributed by atoms with Gasteiger partial charge in [-0.15, -0.1) is 0 Å². The number of anilines is 1. The third kappa shape index (κ3) is 6.14. The first-order valence-electron chi connectivity index (χ1n) is 11.3. The van der Waals surface area contributed by atoms with E-state index in [0.29, 0.717) is 12.4 Å². The van der Waals surface area contributed by atoms with Crippen molar-refractivity contribution in [1.82, 2.24) is 14.8 Å². The summed E-state index contributed by atoms with van der Waals surface area (Å²) in [5.74, 6) is 0.949. The van der Waals surface area contributed by atoms with Crippen LogP contribution in [0.25, 0.3) is 0 Å². The van der Waals surface area contributed by atoms with Crippen molar-refractivity contribution in [2.45, 2.75) is 25.7 Å². The predicted molar refractivity (Wildman–Crippen MR) is 125 cm³/mol. The second-order valence-electron chi connectivity index (χ2n) is 8.29. The van der Waals surface area contributed by atoms with Gasteiger partial charge in [0.05, 0.1) is 0 Å². The van der Waals surface area contributed by atoms with Crippen molar-refractivity contribution in [3.8, 4) is 0 Å². The molecule has 0 unspecified atom stereocenters. The number of carbonyl (C=O) groups excluding carboxylic acids is 2. The van der Waals surface area contributed by atoms with E-state index >= 15 is 0 Å². The molecule has 1 saturated carbocycles. The fourth-order valence-corrected chi connectivity index (χ4v) is 4.47. The number of pyridine rings is 1. The molecule has 3 rings (SSSR count). The number of aromatic nitrogens is 1. The smallest absolute Gasteiger partial charge is 0.231 e. The number of aldehydes is 1. The fourth-order valence-electron chi connectivity index (χ4n) is 4.47. The molecule has 2 aliphatic rings. The zero-order valence-electron chi connectivity index (χ0n) is 18.4. The van der Waals surface area contributed by atoms with Gasteiger partial charge in [0.25, 0.3) is 0 Å². The van der Waals surface area contributed by atoms with Crippen molar-refractivity contribution in [2.75, 3.05) is 44.2 Å². The minimum Gasteiger partial charge on any atom is -0.369 e. The van der Waals surface area contributed by atoms with Gasteiger partial charge < -0.3 is 9.69 Å². The Balaban J connectivity index is 1.59. The average molecular weight is 423 g/mol. The van der Waals surface area contributed by atoms with E-state index in [1.165, 1.54) is 0 Å². The van der Waals surface area contributed by atoms with Crippen molar-refractivity contribution >= 4 is 18.0 Å². The van der Waals surface area contributed by atoms with Crippen molar-refractivity contribution < 1.29 is 9.59 Å². The molecular formula is C25H34N4O2. The molecule has 166 valence electrons. The SMILES string of the molecule is C=C/C=C(\C=C)N1CCN(CCN(C(=O)C2CCC(C=O)CC2)c2ccccn2)CC1. The van der Waals surface area contributed by atoms with Crippen molar-refractivity contribution in [1.29, 1.82) is 0 Å². The summed E-state index contributed by atoms with van der Waals surface area (Å²) in [7, 11) is 0. The van der Waals surface area contributed by atoms with Crippen LogP contribution in [-0.4, -0.2) is 66.2 Å². The number of nitrogens with zero attached hydrogens (tertiary/aromatic N) is 4. The lowest BCUT2D eigenvalue weighted by atomic mass is 9.82. The van der Waals surface area contributed by atoms with Crippen LogP contribution in [0.5, 0.6) is 0 Å². The predicted octanol–water partition coefficient (Wildman–Crippen LogP) is 3.29. The van der Waals surface area contributed by atoms with Crippen LogP contribution >= 0.6 is 0 Å². The first kappa shape index (κ1) is 22.9. The van der Waals surface area contributed by atoms with Gasteiger partial charge in [-0.25, -0.2) is 4.98 Å². The Bertz CT molecular complexity index is 776. The topological polar surface area (TPSA) is 56.8 Å². The van der Waals surface area contributed by atoms with Crippen molar-refractivity contribution in [3.05, 3.63) is 61.5 Å². The highest BCUT2D eigenvalue weighted by Gasteiger charge is 2.31. The van der Waals surface area contributed by atoms with Gasteiger partial charge in [0, 0.05) is 63.0 Å². The van der Waals surface area contributed by atoms with Gasteiger partial charge in [-0.3, -0.25) is 14.6 Å². The molecule has 1 aliphatic carbocycles. The fraction of sp³-hybridized carbons (Fsp3) is 0.480. The molecule has 6 heteroatoms. The summed E-state index contributed by atoms with van der Waals surface area (Å²) >= 11 is 0. The molecule has 31 heavy (non-hydrogen) atoms. The van der Waals surface area contributed by atoms with E-state index in [0.717, 1.165) is 70.4 Å². The second kappa shape index (κ2) is 11.6. The Morgan fingerprint density at radius 2 is 1.87 bits per heavy atom. The summed E-state index contributed by atoms with van der Waals surface area (Å²) < 4.78 is 0. The molecule has 0 N–H and O–H groups in total. The standard InChI is InChI=1S/C25H34N4O2/c1-3-7-23(4-2)28-17-14-27(15-18-28)16-19-29(24-8-5-6-13-26-24)25(31)22-11-9-21(20-30)10-12-22/h3-8,13,20-22H,1-2,9-12,14-19H2/b23-7+. The van der Waals surface area contributed by atoms with Gasteiger partial charge in [-0.05, 0) is 50.0 Å². The maximum atomic E-state index is 13.4. The average Bonchev–Trinajstić information content (AvgIpc) is 2.83. The number of carbonyl (C=O) groups is 2. The minimum atomic E-state index is -0.0192. The van der Waals surface area contributed by atoms with Crippen molar-refractivity contribution in [3.63, 3.8) is 0 Å². The van der Waals surface area contributed by atoms with E-state index in [9.17, 15) is 9.59 Å². The Labute approximate surface area is 185 Å². The summed E-state index contributed by atoms with van der Waals surface area (Å²) in [5, 5.41) is 0. The number of amides is 1. The zero-order chi connectivity index (χ0) is 22.1. The van der Waals surface area contributed by atoms with E-state index in [1.54, 1.807) is 12.3 Å². The van der Waals surface area contributed by atoms with Gasteiger partial charge in [0.15, 0.2) is 0 Å². The molecule has 1 aliphatic heterocycles. The number of rotatable bonds is 9. The second-order valence-corrected chi connectivity index (χ2v) is 8.29. The molecule has 0 atom stereocenters. The largest absolute Gasteiger partial charge is 0.369 e. The molecule has 2 heterocycles. The Morgan fingerprint density at radius 1 is 1.13 bits per heavy atom. The Hall–Kier alpha value is -2.73. The van der Waals surface area contributed by atoms with E-state index < -0.39 is 0 Å². The maximum Gasteiger partial charge on any atom is 0.231 e. The van der Waals surface area contributed by atoms with Crippen LogP contribution in [0.1, 0.15) is 25.7 Å². The molecule has 0 aromatic carbocycles. The number of piperazine rings is 1. The van der Waals surface area contributed by atoms with Crippen LogP contribution < -0.4 is 4.90 Å². The normalized spacial score (nSPS) is 22.6. The lowest BCUT2D eigenvalue weighted by Crippen LogP contribution is -2.49. The van der Waals surface area contributed by atoms with Crippen LogP contribution in [0.15, 0.2) is 61.5 Å². The molecule has 1 amide bonds. The van der Waals surface area contributed by atoms with E-state index in [4.69, 9.17) is 0 Å². The third-order valence-electron chi connectivity index (χ3n) is 6.38. The summed E-state index contributed by atoms with van der Waals surface area (Å²) in [6.45, 7) is 12.9. The van der Waals surface area contributed by atoms with Crippen LogP contribution in [0.4, 0.5) is 5.82 Å². The first-order chi connectivity index (χ1) is 15.2. The van der Waals surface area contributed by atoms with Crippen molar-refractivity contribution in [2.24, 2.45) is 11.8 Å². The van der Waals surface area contributed by atoms with Crippen LogP contribution in [-0.2, 0) is 9.59 Å². The molecule has 6 nitrogen and oxygen atoms in total.